The van der Waals surface area contributed by atoms with Gasteiger partial charge in [0.1, 0.15) is 5.82 Å². The molecule has 0 aliphatic rings. The second-order valence-electron chi connectivity index (χ2n) is 4.81. The highest BCUT2D eigenvalue weighted by Crippen LogP contribution is 2.20. The molecule has 0 saturated heterocycles. The van der Waals surface area contributed by atoms with Crippen LogP contribution in [-0.2, 0) is 0 Å². The summed E-state index contributed by atoms with van der Waals surface area (Å²) < 4.78 is 0. The number of carbonyl (C=O) groups is 1. The maximum absolute atomic E-state index is 12.4. The predicted octanol–water partition coefficient (Wildman–Crippen LogP) is 2.39. The summed E-state index contributed by atoms with van der Waals surface area (Å²) in [7, 11) is 0. The highest BCUT2D eigenvalue weighted by atomic mass is 32.2. The number of para-hydroxylation sites is 1. The molecule has 2 aromatic rings. The number of pyridine rings is 1. The van der Waals surface area contributed by atoms with Gasteiger partial charge in [0.15, 0.2) is 0 Å². The molecule has 6 heteroatoms. The van der Waals surface area contributed by atoms with E-state index in [1.165, 1.54) is 0 Å². The third-order valence-corrected chi connectivity index (χ3v) is 4.39. The lowest BCUT2D eigenvalue weighted by atomic mass is 10.1. The maximum atomic E-state index is 12.4. The second-order valence-corrected chi connectivity index (χ2v) is 6.08. The summed E-state index contributed by atoms with van der Waals surface area (Å²) in [6, 6.07) is 9.21. The third kappa shape index (κ3) is 3.86. The minimum absolute atomic E-state index is 0.0987. The molecule has 0 aliphatic heterocycles. The molecule has 0 saturated carbocycles. The number of nitrogens with one attached hydrogen (secondary N) is 2. The minimum Gasteiger partial charge on any atom is -0.352 e. The van der Waals surface area contributed by atoms with Gasteiger partial charge in [-0.3, -0.25) is 4.79 Å². The lowest BCUT2D eigenvalue weighted by molar-refractivity contribution is 0.0955. The molecule has 0 radical (unpaired) electrons. The Morgan fingerprint density at radius 1 is 1.43 bits per heavy atom. The van der Waals surface area contributed by atoms with Gasteiger partial charge >= 0.3 is 0 Å². The fourth-order valence-electron chi connectivity index (χ4n) is 2.04. The van der Waals surface area contributed by atoms with E-state index in [4.69, 9.17) is 5.84 Å². The fourth-order valence-corrected chi connectivity index (χ4v) is 2.39. The third-order valence-electron chi connectivity index (χ3n) is 3.35. The summed E-state index contributed by atoms with van der Waals surface area (Å²) in [5, 5.41) is 4.31. The molecule has 1 atom stereocenters. The van der Waals surface area contributed by atoms with Gasteiger partial charge in [0.05, 0.1) is 11.1 Å². The molecule has 112 valence electrons. The van der Waals surface area contributed by atoms with E-state index in [9.17, 15) is 4.79 Å². The van der Waals surface area contributed by atoms with Gasteiger partial charge in [-0.15, -0.1) is 0 Å². The molecule has 4 N–H and O–H groups in total. The zero-order valence-corrected chi connectivity index (χ0v) is 13.0. The number of thioether (sulfide) groups is 1. The largest absolute Gasteiger partial charge is 0.352 e. The van der Waals surface area contributed by atoms with E-state index in [1.54, 1.807) is 17.8 Å². The van der Waals surface area contributed by atoms with Gasteiger partial charge in [-0.05, 0) is 24.8 Å². The predicted molar refractivity (Wildman–Crippen MR) is 89.5 cm³/mol. The van der Waals surface area contributed by atoms with E-state index in [0.29, 0.717) is 23.2 Å². The number of nitrogens with zero attached hydrogens (tertiary/aromatic N) is 1. The average molecular weight is 304 g/mol. The molecule has 1 heterocycles. The number of hydrogen-bond acceptors (Lipinski definition) is 5. The number of carbonyl (C=O) groups excluding carboxylic acids is 1. The van der Waals surface area contributed by atoms with Crippen molar-refractivity contribution in [1.82, 2.24) is 10.3 Å². The highest BCUT2D eigenvalue weighted by Gasteiger charge is 2.12. The van der Waals surface area contributed by atoms with Crippen LogP contribution >= 0.6 is 11.8 Å². The van der Waals surface area contributed by atoms with Gasteiger partial charge in [0, 0.05) is 17.2 Å². The van der Waals surface area contributed by atoms with Crippen LogP contribution in [-0.4, -0.2) is 28.9 Å². The summed E-state index contributed by atoms with van der Waals surface area (Å²) in [4.78, 5) is 16.7. The van der Waals surface area contributed by atoms with Crippen LogP contribution in [0.4, 0.5) is 5.82 Å². The first kappa shape index (κ1) is 15.6. The Morgan fingerprint density at radius 2 is 2.19 bits per heavy atom. The van der Waals surface area contributed by atoms with Gasteiger partial charge in [-0.25, -0.2) is 10.8 Å². The number of aromatic nitrogens is 1. The van der Waals surface area contributed by atoms with Crippen molar-refractivity contribution in [1.29, 1.82) is 0 Å². The summed E-state index contributed by atoms with van der Waals surface area (Å²) in [6.07, 6.45) is 3.01. The molecule has 1 amide bonds. The van der Waals surface area contributed by atoms with E-state index in [0.717, 1.165) is 17.3 Å². The van der Waals surface area contributed by atoms with Crippen molar-refractivity contribution < 1.29 is 4.79 Å². The van der Waals surface area contributed by atoms with E-state index in [2.05, 4.69) is 28.9 Å². The van der Waals surface area contributed by atoms with Gasteiger partial charge in [-0.2, -0.15) is 11.8 Å². The number of fused-ring (bicyclic) bond motifs is 1. The number of anilines is 1. The van der Waals surface area contributed by atoms with Crippen LogP contribution in [0, 0.1) is 0 Å². The van der Waals surface area contributed by atoms with Gasteiger partial charge in [0.2, 0.25) is 0 Å². The summed E-state index contributed by atoms with van der Waals surface area (Å²) in [6.45, 7) is 2.80. The first-order valence-corrected chi connectivity index (χ1v) is 8.12. The lowest BCUT2D eigenvalue weighted by Crippen LogP contribution is -2.26. The summed E-state index contributed by atoms with van der Waals surface area (Å²) in [5.74, 6) is 5.80. The topological polar surface area (TPSA) is 80.0 Å². The standard InChI is InChI=1S/C15H20N4OS/c1-10(21-2)7-8-17-15(20)12-9-14(19-16)18-13-6-4-3-5-11(12)13/h3-6,9-10H,7-8,16H2,1-2H3,(H,17,20)(H,18,19). The first-order valence-electron chi connectivity index (χ1n) is 6.83. The van der Waals surface area contributed by atoms with Crippen molar-refractivity contribution in [3.8, 4) is 0 Å². The molecule has 0 bridgehead atoms. The summed E-state index contributed by atoms with van der Waals surface area (Å²) in [5.41, 5.74) is 3.84. The van der Waals surface area contributed by atoms with Crippen molar-refractivity contribution in [2.75, 3.05) is 18.2 Å². The maximum Gasteiger partial charge on any atom is 0.252 e. The van der Waals surface area contributed by atoms with E-state index >= 15 is 0 Å². The molecule has 5 nitrogen and oxygen atoms in total. The van der Waals surface area contributed by atoms with Gasteiger partial charge in [-0.1, -0.05) is 25.1 Å². The fraction of sp³-hybridized carbons (Fsp3) is 0.333. The van der Waals surface area contributed by atoms with E-state index in [1.807, 2.05) is 24.3 Å². The highest BCUT2D eigenvalue weighted by molar-refractivity contribution is 7.99. The van der Waals surface area contributed by atoms with Crippen LogP contribution in [0.15, 0.2) is 30.3 Å². The van der Waals surface area contributed by atoms with Crippen LogP contribution in [0.2, 0.25) is 0 Å². The Balaban J connectivity index is 2.21. The van der Waals surface area contributed by atoms with Crippen LogP contribution in [0.3, 0.4) is 0 Å². The number of rotatable bonds is 6. The number of nitrogens with two attached hydrogens (primary N) is 1. The summed E-state index contributed by atoms with van der Waals surface area (Å²) >= 11 is 1.79. The Hall–Kier alpha value is -1.79. The molecule has 1 aromatic carbocycles. The molecule has 0 spiro atoms. The van der Waals surface area contributed by atoms with E-state index < -0.39 is 0 Å². The average Bonchev–Trinajstić information content (AvgIpc) is 2.53. The van der Waals surface area contributed by atoms with Crippen molar-refractivity contribution in [2.45, 2.75) is 18.6 Å². The van der Waals surface area contributed by atoms with E-state index in [-0.39, 0.29) is 5.91 Å². The van der Waals surface area contributed by atoms with Crippen molar-refractivity contribution >= 4 is 34.4 Å². The van der Waals surface area contributed by atoms with Crippen molar-refractivity contribution in [3.63, 3.8) is 0 Å². The van der Waals surface area contributed by atoms with Crippen molar-refractivity contribution in [2.24, 2.45) is 5.84 Å². The Bertz CT molecular complexity index is 632. The zero-order valence-electron chi connectivity index (χ0n) is 12.2. The molecule has 1 unspecified atom stereocenters. The first-order chi connectivity index (χ1) is 10.2. The van der Waals surface area contributed by atoms with Crippen molar-refractivity contribution in [3.05, 3.63) is 35.9 Å². The lowest BCUT2D eigenvalue weighted by Gasteiger charge is -2.11. The van der Waals surface area contributed by atoms with Crippen LogP contribution in [0.25, 0.3) is 10.9 Å². The molecule has 2 rings (SSSR count). The second kappa shape index (κ2) is 7.28. The number of amides is 1. The molecule has 1 aromatic heterocycles. The Morgan fingerprint density at radius 3 is 2.90 bits per heavy atom. The molecular formula is C15H20N4OS. The van der Waals surface area contributed by atoms with Gasteiger partial charge in [0.25, 0.3) is 5.91 Å². The van der Waals surface area contributed by atoms with Gasteiger partial charge < -0.3 is 10.7 Å². The normalized spacial score (nSPS) is 12.1. The monoisotopic (exact) mass is 304 g/mol. The Labute approximate surface area is 128 Å². The van der Waals surface area contributed by atoms with Crippen LogP contribution in [0.1, 0.15) is 23.7 Å². The molecule has 0 fully saturated rings. The molecule has 21 heavy (non-hydrogen) atoms. The number of hydrogen-bond donors (Lipinski definition) is 3. The number of benzene rings is 1. The smallest absolute Gasteiger partial charge is 0.252 e. The van der Waals surface area contributed by atoms with Crippen LogP contribution < -0.4 is 16.6 Å². The SMILES string of the molecule is CSC(C)CCNC(=O)c1cc(NN)nc2ccccc12. The molecular weight excluding hydrogens is 284 g/mol. The number of hydrazine groups is 1. The Kier molecular flexibility index (Phi) is 5.41. The minimum atomic E-state index is -0.0987. The quantitative estimate of drug-likeness (QED) is 0.564. The van der Waals surface area contributed by atoms with Crippen LogP contribution in [0.5, 0.6) is 0 Å². The number of nitrogen functional groups attached to an aromatic ring is 1. The zero-order chi connectivity index (χ0) is 15.2. The molecule has 0 aliphatic carbocycles.